The molecule has 0 bridgehead atoms. The van der Waals surface area contributed by atoms with E-state index < -0.39 is 0 Å². The van der Waals surface area contributed by atoms with Gasteiger partial charge in [0.1, 0.15) is 11.5 Å². The lowest BCUT2D eigenvalue weighted by molar-refractivity contribution is 0.0951. The minimum Gasteiger partial charge on any atom is -0.466 e. The molecule has 0 radical (unpaired) electrons. The fraction of sp³-hybridized carbons (Fsp3) is 0.316. The van der Waals surface area contributed by atoms with Gasteiger partial charge in [0.15, 0.2) is 0 Å². The fourth-order valence-corrected chi connectivity index (χ4v) is 3.04. The Kier molecular flexibility index (Phi) is 4.24. The standard InChI is InChI=1S/C19H22N2O2/c1-13-11-16-7-4-5-8-18(16)21(13)10-6-9-20-19(22)17-12-14(2)23-15(17)3/h4-5,7-8,11-12H,6,9-10H2,1-3H3,(H,20,22). The predicted octanol–water partition coefficient (Wildman–Crippen LogP) is 3.98. The van der Waals surface area contributed by atoms with Gasteiger partial charge in [-0.3, -0.25) is 4.79 Å². The van der Waals surface area contributed by atoms with Crippen LogP contribution in [0.3, 0.4) is 0 Å². The van der Waals surface area contributed by atoms with E-state index in [1.54, 1.807) is 6.07 Å². The summed E-state index contributed by atoms with van der Waals surface area (Å²) in [7, 11) is 0. The molecular formula is C19H22N2O2. The lowest BCUT2D eigenvalue weighted by atomic mass is 10.2. The molecule has 0 atom stereocenters. The maximum absolute atomic E-state index is 12.1. The number of hydrogen-bond acceptors (Lipinski definition) is 2. The molecule has 0 aliphatic carbocycles. The Morgan fingerprint density at radius 2 is 1.96 bits per heavy atom. The van der Waals surface area contributed by atoms with Crippen LogP contribution in [0.1, 0.15) is 34.0 Å². The lowest BCUT2D eigenvalue weighted by Crippen LogP contribution is -2.25. The lowest BCUT2D eigenvalue weighted by Gasteiger charge is -2.09. The Labute approximate surface area is 136 Å². The van der Waals surface area contributed by atoms with E-state index in [4.69, 9.17) is 4.42 Å². The molecule has 3 rings (SSSR count). The highest BCUT2D eigenvalue weighted by atomic mass is 16.3. The van der Waals surface area contributed by atoms with Gasteiger partial charge in [-0.25, -0.2) is 0 Å². The van der Waals surface area contributed by atoms with Crippen molar-refractivity contribution in [2.45, 2.75) is 33.7 Å². The molecule has 1 N–H and O–H groups in total. The normalized spacial score (nSPS) is 11.1. The third-order valence-electron chi connectivity index (χ3n) is 4.15. The zero-order valence-corrected chi connectivity index (χ0v) is 13.8. The highest BCUT2D eigenvalue weighted by Gasteiger charge is 2.12. The molecule has 4 nitrogen and oxygen atoms in total. The van der Waals surface area contributed by atoms with Crippen molar-refractivity contribution in [1.29, 1.82) is 0 Å². The molecule has 1 amide bonds. The average Bonchev–Trinajstić information content (AvgIpc) is 3.02. The summed E-state index contributed by atoms with van der Waals surface area (Å²) in [6.07, 6.45) is 0.890. The van der Waals surface area contributed by atoms with Gasteiger partial charge in [-0.2, -0.15) is 0 Å². The number of aryl methyl sites for hydroxylation is 4. The predicted molar refractivity (Wildman–Crippen MR) is 91.8 cm³/mol. The van der Waals surface area contributed by atoms with Gasteiger partial charge in [0.05, 0.1) is 5.56 Å². The molecule has 120 valence electrons. The Morgan fingerprint density at radius 3 is 2.70 bits per heavy atom. The quantitative estimate of drug-likeness (QED) is 0.725. The van der Waals surface area contributed by atoms with Crippen LogP contribution in [-0.2, 0) is 6.54 Å². The van der Waals surface area contributed by atoms with Gasteiger partial charge in [0.25, 0.3) is 5.91 Å². The number of hydrogen-bond donors (Lipinski definition) is 1. The molecule has 0 saturated carbocycles. The van der Waals surface area contributed by atoms with Crippen molar-refractivity contribution in [3.8, 4) is 0 Å². The van der Waals surface area contributed by atoms with Crippen LogP contribution in [0, 0.1) is 20.8 Å². The number of carbonyl (C=O) groups is 1. The minimum absolute atomic E-state index is 0.0616. The van der Waals surface area contributed by atoms with Crippen molar-refractivity contribution < 1.29 is 9.21 Å². The number of fused-ring (bicyclic) bond motifs is 1. The summed E-state index contributed by atoms with van der Waals surface area (Å²) in [4.78, 5) is 12.1. The number of nitrogens with one attached hydrogen (secondary N) is 1. The average molecular weight is 310 g/mol. The molecule has 0 saturated heterocycles. The summed E-state index contributed by atoms with van der Waals surface area (Å²) < 4.78 is 7.70. The van der Waals surface area contributed by atoms with Gasteiger partial charge in [-0.05, 0) is 50.8 Å². The first kappa shape index (κ1) is 15.4. The van der Waals surface area contributed by atoms with Gasteiger partial charge in [0.2, 0.25) is 0 Å². The van der Waals surface area contributed by atoms with Gasteiger partial charge in [-0.1, -0.05) is 18.2 Å². The molecule has 2 aromatic heterocycles. The summed E-state index contributed by atoms with van der Waals surface area (Å²) in [5, 5.41) is 4.23. The number of furan rings is 1. The van der Waals surface area contributed by atoms with E-state index in [0.29, 0.717) is 17.9 Å². The van der Waals surface area contributed by atoms with Crippen LogP contribution in [0.2, 0.25) is 0 Å². The van der Waals surface area contributed by atoms with Crippen molar-refractivity contribution in [2.24, 2.45) is 0 Å². The summed E-state index contributed by atoms with van der Waals surface area (Å²) in [6.45, 7) is 7.33. The van der Waals surface area contributed by atoms with E-state index in [1.807, 2.05) is 13.8 Å². The molecular weight excluding hydrogens is 288 g/mol. The van der Waals surface area contributed by atoms with Crippen LogP contribution in [-0.4, -0.2) is 17.0 Å². The second-order valence-electron chi connectivity index (χ2n) is 5.93. The first-order valence-corrected chi connectivity index (χ1v) is 7.96. The summed E-state index contributed by atoms with van der Waals surface area (Å²) in [6, 6.07) is 12.4. The van der Waals surface area contributed by atoms with Crippen molar-refractivity contribution in [2.75, 3.05) is 6.54 Å². The first-order chi connectivity index (χ1) is 11.1. The zero-order valence-electron chi connectivity index (χ0n) is 13.8. The number of rotatable bonds is 5. The Morgan fingerprint density at radius 1 is 1.17 bits per heavy atom. The van der Waals surface area contributed by atoms with Crippen molar-refractivity contribution >= 4 is 16.8 Å². The van der Waals surface area contributed by atoms with Crippen LogP contribution < -0.4 is 5.32 Å². The van der Waals surface area contributed by atoms with E-state index in [9.17, 15) is 4.79 Å². The van der Waals surface area contributed by atoms with Gasteiger partial charge in [0, 0.05) is 24.3 Å². The maximum atomic E-state index is 12.1. The molecule has 0 spiro atoms. The topological polar surface area (TPSA) is 47.2 Å². The molecule has 0 fully saturated rings. The molecule has 4 heteroatoms. The van der Waals surface area contributed by atoms with Crippen LogP contribution in [0.4, 0.5) is 0 Å². The number of nitrogens with zero attached hydrogens (tertiary/aromatic N) is 1. The van der Waals surface area contributed by atoms with Crippen molar-refractivity contribution in [3.05, 3.63) is 59.2 Å². The smallest absolute Gasteiger partial charge is 0.254 e. The Hall–Kier alpha value is -2.49. The number of carbonyl (C=O) groups excluding carboxylic acids is 1. The molecule has 0 aliphatic rings. The highest BCUT2D eigenvalue weighted by molar-refractivity contribution is 5.95. The molecule has 23 heavy (non-hydrogen) atoms. The van der Waals surface area contributed by atoms with Crippen LogP contribution in [0.15, 0.2) is 40.8 Å². The van der Waals surface area contributed by atoms with E-state index in [1.165, 1.54) is 16.6 Å². The monoisotopic (exact) mass is 310 g/mol. The second-order valence-corrected chi connectivity index (χ2v) is 5.93. The Bertz CT molecular complexity index is 842. The van der Waals surface area contributed by atoms with Crippen LogP contribution in [0.5, 0.6) is 0 Å². The van der Waals surface area contributed by atoms with E-state index in [0.717, 1.165) is 18.7 Å². The summed E-state index contributed by atoms with van der Waals surface area (Å²) >= 11 is 0. The summed E-state index contributed by atoms with van der Waals surface area (Å²) in [5.74, 6) is 1.38. The fourth-order valence-electron chi connectivity index (χ4n) is 3.04. The van der Waals surface area contributed by atoms with Gasteiger partial charge in [-0.15, -0.1) is 0 Å². The van der Waals surface area contributed by atoms with Gasteiger partial charge >= 0.3 is 0 Å². The number of para-hydroxylation sites is 1. The minimum atomic E-state index is -0.0616. The van der Waals surface area contributed by atoms with Crippen LogP contribution in [0.25, 0.3) is 10.9 Å². The van der Waals surface area contributed by atoms with E-state index in [2.05, 4.69) is 47.1 Å². The molecule has 0 unspecified atom stereocenters. The number of amides is 1. The molecule has 1 aromatic carbocycles. The SMILES string of the molecule is Cc1cc(C(=O)NCCCn2c(C)cc3ccccc32)c(C)o1. The number of benzene rings is 1. The molecule has 2 heterocycles. The van der Waals surface area contributed by atoms with E-state index in [-0.39, 0.29) is 5.91 Å². The first-order valence-electron chi connectivity index (χ1n) is 7.96. The largest absolute Gasteiger partial charge is 0.466 e. The second kappa shape index (κ2) is 6.32. The third kappa shape index (κ3) is 3.16. The van der Waals surface area contributed by atoms with Crippen molar-refractivity contribution in [3.63, 3.8) is 0 Å². The molecule has 3 aromatic rings. The molecule has 0 aliphatic heterocycles. The zero-order chi connectivity index (χ0) is 16.4. The maximum Gasteiger partial charge on any atom is 0.254 e. The van der Waals surface area contributed by atoms with E-state index >= 15 is 0 Å². The summed E-state index contributed by atoms with van der Waals surface area (Å²) in [5.41, 5.74) is 3.13. The van der Waals surface area contributed by atoms with Gasteiger partial charge < -0.3 is 14.3 Å². The highest BCUT2D eigenvalue weighted by Crippen LogP contribution is 2.19. The third-order valence-corrected chi connectivity index (χ3v) is 4.15. The number of aromatic nitrogens is 1. The Balaban J connectivity index is 1.58. The van der Waals surface area contributed by atoms with Crippen molar-refractivity contribution in [1.82, 2.24) is 9.88 Å². The van der Waals surface area contributed by atoms with Crippen LogP contribution >= 0.6 is 0 Å².